The normalized spacial score (nSPS) is 16.0. The monoisotopic (exact) mass is 450 g/mol. The summed E-state index contributed by atoms with van der Waals surface area (Å²) in [5.41, 5.74) is 0. The van der Waals surface area contributed by atoms with E-state index in [1.165, 1.54) is 0 Å². The molecule has 1 heterocycles. The molecule has 0 aromatic heterocycles. The molecule has 30 heavy (non-hydrogen) atoms. The third kappa shape index (κ3) is 5.80. The molecule has 8 heteroatoms. The molecule has 0 saturated carbocycles. The predicted molar refractivity (Wildman–Crippen MR) is 116 cm³/mol. The Morgan fingerprint density at radius 1 is 0.700 bits per heavy atom. The second-order valence-corrected chi connectivity index (χ2v) is 7.95. The second-order valence-electron chi connectivity index (χ2n) is 7.08. The number of hydrogen-bond donors (Lipinski definition) is 0. The van der Waals surface area contributed by atoms with Crippen LogP contribution in [0.3, 0.4) is 0 Å². The minimum absolute atomic E-state index is 0.109. The van der Waals surface area contributed by atoms with Crippen LogP contribution in [0.1, 0.15) is 13.8 Å². The molecular weight excluding hydrogens is 427 g/mol. The molecule has 1 aliphatic heterocycles. The fraction of sp³-hybridized carbons (Fsp3) is 0.364. The summed E-state index contributed by atoms with van der Waals surface area (Å²) in [6.07, 6.45) is -1.25. The summed E-state index contributed by atoms with van der Waals surface area (Å²) >= 11 is 11.7. The Bertz CT molecular complexity index is 792. The van der Waals surface area contributed by atoms with Gasteiger partial charge in [0.15, 0.2) is 12.2 Å². The topological polar surface area (TPSA) is 59.1 Å². The van der Waals surface area contributed by atoms with Crippen LogP contribution in [0.25, 0.3) is 0 Å². The molecule has 2 aromatic carbocycles. The zero-order valence-electron chi connectivity index (χ0n) is 16.9. The van der Waals surface area contributed by atoms with Crippen molar-refractivity contribution >= 4 is 35.0 Å². The zero-order valence-corrected chi connectivity index (χ0v) is 18.4. The minimum atomic E-state index is -0.624. The molecule has 1 fully saturated rings. The van der Waals surface area contributed by atoms with Gasteiger partial charge in [0.2, 0.25) is 0 Å². The number of benzene rings is 2. The summed E-state index contributed by atoms with van der Waals surface area (Å²) in [6.45, 7) is 5.24. The van der Waals surface area contributed by atoms with Gasteiger partial charge in [-0.15, -0.1) is 0 Å². The summed E-state index contributed by atoms with van der Waals surface area (Å²) in [4.78, 5) is 28.8. The van der Waals surface area contributed by atoms with Gasteiger partial charge in [0.05, 0.1) is 0 Å². The minimum Gasteiger partial charge on any atom is -0.481 e. The van der Waals surface area contributed by atoms with Crippen LogP contribution in [0.15, 0.2) is 48.5 Å². The molecule has 2 atom stereocenters. The van der Waals surface area contributed by atoms with E-state index in [2.05, 4.69) is 0 Å². The first kappa shape index (κ1) is 22.2. The molecule has 0 radical (unpaired) electrons. The largest absolute Gasteiger partial charge is 0.481 e. The number of halogens is 2. The maximum atomic E-state index is 12.7. The molecule has 6 nitrogen and oxygen atoms in total. The second kappa shape index (κ2) is 10.0. The first-order chi connectivity index (χ1) is 14.3. The van der Waals surface area contributed by atoms with E-state index in [0.717, 1.165) is 0 Å². The Morgan fingerprint density at radius 2 is 1.00 bits per heavy atom. The number of rotatable bonds is 6. The number of piperazine rings is 1. The number of hydrogen-bond acceptors (Lipinski definition) is 4. The van der Waals surface area contributed by atoms with Gasteiger partial charge in [-0.1, -0.05) is 23.2 Å². The number of ether oxygens (including phenoxy) is 2. The zero-order chi connectivity index (χ0) is 21.7. The van der Waals surface area contributed by atoms with Gasteiger partial charge in [0.1, 0.15) is 11.5 Å². The van der Waals surface area contributed by atoms with Crippen molar-refractivity contribution in [2.45, 2.75) is 26.1 Å². The van der Waals surface area contributed by atoms with Crippen LogP contribution in [0.2, 0.25) is 10.0 Å². The standard InChI is InChI=1S/C22H24Cl2N2O4/c1-15(29-19-7-3-17(23)4-8-19)21(27)25-11-13-26(14-12-25)22(28)16(2)30-20-9-5-18(24)6-10-20/h3-10,15-16H,11-14H2,1-2H3. The predicted octanol–water partition coefficient (Wildman–Crippen LogP) is 3.90. The van der Waals surface area contributed by atoms with E-state index < -0.39 is 12.2 Å². The molecule has 3 rings (SSSR count). The van der Waals surface area contributed by atoms with E-state index >= 15 is 0 Å². The van der Waals surface area contributed by atoms with Crippen molar-refractivity contribution in [2.75, 3.05) is 26.2 Å². The van der Waals surface area contributed by atoms with Crippen LogP contribution in [0.4, 0.5) is 0 Å². The molecule has 0 aliphatic carbocycles. The molecule has 1 saturated heterocycles. The summed E-state index contributed by atoms with van der Waals surface area (Å²) in [7, 11) is 0. The number of carbonyl (C=O) groups excluding carboxylic acids is 2. The molecule has 2 aromatic rings. The van der Waals surface area contributed by atoms with E-state index in [9.17, 15) is 9.59 Å². The molecule has 2 unspecified atom stereocenters. The Labute approximate surface area is 186 Å². The van der Waals surface area contributed by atoms with Crippen LogP contribution in [-0.4, -0.2) is 60.0 Å². The maximum Gasteiger partial charge on any atom is 0.263 e. The van der Waals surface area contributed by atoms with Gasteiger partial charge >= 0.3 is 0 Å². The molecule has 2 amide bonds. The lowest BCUT2D eigenvalue weighted by Gasteiger charge is -2.36. The average Bonchev–Trinajstić information content (AvgIpc) is 2.76. The van der Waals surface area contributed by atoms with E-state index in [1.807, 2.05) is 0 Å². The lowest BCUT2D eigenvalue weighted by atomic mass is 10.2. The van der Waals surface area contributed by atoms with Gasteiger partial charge in [-0.05, 0) is 62.4 Å². The Balaban J connectivity index is 1.48. The third-order valence-electron chi connectivity index (χ3n) is 4.85. The molecule has 0 spiro atoms. The number of amides is 2. The van der Waals surface area contributed by atoms with Gasteiger partial charge in [-0.25, -0.2) is 0 Å². The van der Waals surface area contributed by atoms with Crippen molar-refractivity contribution < 1.29 is 19.1 Å². The van der Waals surface area contributed by atoms with Gasteiger partial charge in [0, 0.05) is 36.2 Å². The van der Waals surface area contributed by atoms with Crippen LogP contribution in [-0.2, 0) is 9.59 Å². The molecule has 1 aliphatic rings. The molecule has 0 bridgehead atoms. The molecule has 160 valence electrons. The Hall–Kier alpha value is -2.44. The Kier molecular flexibility index (Phi) is 7.45. The van der Waals surface area contributed by atoms with Crippen molar-refractivity contribution in [1.29, 1.82) is 0 Å². The van der Waals surface area contributed by atoms with Crippen molar-refractivity contribution in [2.24, 2.45) is 0 Å². The van der Waals surface area contributed by atoms with Crippen LogP contribution >= 0.6 is 23.2 Å². The van der Waals surface area contributed by atoms with Crippen LogP contribution < -0.4 is 9.47 Å². The third-order valence-corrected chi connectivity index (χ3v) is 5.36. The lowest BCUT2D eigenvalue weighted by Crippen LogP contribution is -2.55. The Morgan fingerprint density at radius 3 is 1.30 bits per heavy atom. The highest BCUT2D eigenvalue weighted by atomic mass is 35.5. The van der Waals surface area contributed by atoms with E-state index in [0.29, 0.717) is 47.7 Å². The van der Waals surface area contributed by atoms with Gasteiger partial charge in [-0.3, -0.25) is 9.59 Å². The fourth-order valence-electron chi connectivity index (χ4n) is 3.20. The summed E-state index contributed by atoms with van der Waals surface area (Å²) in [5.74, 6) is 0.953. The van der Waals surface area contributed by atoms with E-state index in [1.54, 1.807) is 72.2 Å². The highest BCUT2D eigenvalue weighted by Gasteiger charge is 2.30. The summed E-state index contributed by atoms with van der Waals surface area (Å²) < 4.78 is 11.4. The van der Waals surface area contributed by atoms with E-state index in [-0.39, 0.29) is 11.8 Å². The lowest BCUT2D eigenvalue weighted by molar-refractivity contribution is -0.146. The quantitative estimate of drug-likeness (QED) is 0.669. The SMILES string of the molecule is CC(Oc1ccc(Cl)cc1)C(=O)N1CCN(C(=O)C(C)Oc2ccc(Cl)cc2)CC1. The first-order valence-electron chi connectivity index (χ1n) is 9.75. The van der Waals surface area contributed by atoms with Crippen molar-refractivity contribution in [3.63, 3.8) is 0 Å². The maximum absolute atomic E-state index is 12.7. The average molecular weight is 451 g/mol. The summed E-state index contributed by atoms with van der Waals surface area (Å²) in [5, 5.41) is 1.22. The highest BCUT2D eigenvalue weighted by molar-refractivity contribution is 6.30. The van der Waals surface area contributed by atoms with Crippen molar-refractivity contribution in [3.05, 3.63) is 58.6 Å². The van der Waals surface area contributed by atoms with Gasteiger partial charge in [0.25, 0.3) is 11.8 Å². The first-order valence-corrected chi connectivity index (χ1v) is 10.5. The van der Waals surface area contributed by atoms with Gasteiger partial charge in [-0.2, -0.15) is 0 Å². The molecular formula is C22H24Cl2N2O4. The summed E-state index contributed by atoms with van der Waals surface area (Å²) in [6, 6.07) is 13.8. The van der Waals surface area contributed by atoms with E-state index in [4.69, 9.17) is 32.7 Å². The number of carbonyl (C=O) groups is 2. The highest BCUT2D eigenvalue weighted by Crippen LogP contribution is 2.19. The van der Waals surface area contributed by atoms with Crippen LogP contribution in [0.5, 0.6) is 11.5 Å². The van der Waals surface area contributed by atoms with Crippen molar-refractivity contribution in [1.82, 2.24) is 9.80 Å². The number of nitrogens with zero attached hydrogens (tertiary/aromatic N) is 2. The van der Waals surface area contributed by atoms with Crippen LogP contribution in [0, 0.1) is 0 Å². The van der Waals surface area contributed by atoms with Gasteiger partial charge < -0.3 is 19.3 Å². The van der Waals surface area contributed by atoms with Crippen molar-refractivity contribution in [3.8, 4) is 11.5 Å². The fourth-order valence-corrected chi connectivity index (χ4v) is 3.45. The molecule has 0 N–H and O–H groups in total. The smallest absolute Gasteiger partial charge is 0.263 e.